The third-order valence-electron chi connectivity index (χ3n) is 4.05. The summed E-state index contributed by atoms with van der Waals surface area (Å²) >= 11 is 1.82. The molecule has 3 nitrogen and oxygen atoms in total. The van der Waals surface area contributed by atoms with Crippen molar-refractivity contribution in [1.82, 2.24) is 5.43 Å². The van der Waals surface area contributed by atoms with E-state index in [1.165, 1.54) is 15.6 Å². The summed E-state index contributed by atoms with van der Waals surface area (Å²) in [4.78, 5) is 0. The van der Waals surface area contributed by atoms with Crippen molar-refractivity contribution in [3.63, 3.8) is 0 Å². The van der Waals surface area contributed by atoms with Crippen LogP contribution in [-0.4, -0.2) is 19.3 Å². The molecule has 0 aliphatic carbocycles. The highest BCUT2D eigenvalue weighted by Crippen LogP contribution is 2.29. The number of ether oxygens (including phenoxy) is 1. The number of thiophene rings is 1. The zero-order chi connectivity index (χ0) is 13.1. The van der Waals surface area contributed by atoms with Crippen LogP contribution in [0.5, 0.6) is 0 Å². The average molecular weight is 276 g/mol. The Morgan fingerprint density at radius 2 is 2.11 bits per heavy atom. The Labute approximate surface area is 117 Å². The maximum Gasteiger partial charge on any atom is 0.0469 e. The Hall–Kier alpha value is -0.940. The van der Waals surface area contributed by atoms with Crippen molar-refractivity contribution in [2.24, 2.45) is 11.8 Å². The monoisotopic (exact) mass is 276 g/mol. The highest BCUT2D eigenvalue weighted by molar-refractivity contribution is 7.17. The predicted octanol–water partition coefficient (Wildman–Crippen LogP) is 2.70. The summed E-state index contributed by atoms with van der Waals surface area (Å²) in [6, 6.07) is 8.95. The van der Waals surface area contributed by atoms with Gasteiger partial charge in [0.05, 0.1) is 0 Å². The number of hydrogen-bond donors (Lipinski definition) is 2. The summed E-state index contributed by atoms with van der Waals surface area (Å²) in [5, 5.41) is 3.65. The van der Waals surface area contributed by atoms with Crippen LogP contribution in [0.4, 0.5) is 0 Å². The van der Waals surface area contributed by atoms with Crippen LogP contribution in [-0.2, 0) is 11.2 Å². The van der Waals surface area contributed by atoms with Crippen molar-refractivity contribution in [1.29, 1.82) is 0 Å². The zero-order valence-electron chi connectivity index (χ0n) is 11.0. The Bertz CT molecular complexity index is 534. The average Bonchev–Trinajstić information content (AvgIpc) is 2.89. The normalized spacial score (nSPS) is 18.8. The van der Waals surface area contributed by atoms with Crippen LogP contribution < -0.4 is 11.3 Å². The first-order chi connectivity index (χ1) is 9.38. The fraction of sp³-hybridized carbons (Fsp3) is 0.467. The van der Waals surface area contributed by atoms with Gasteiger partial charge < -0.3 is 4.74 Å². The SMILES string of the molecule is NNC(Cc1csc2ccccc12)C1CCOCC1. The van der Waals surface area contributed by atoms with Gasteiger partial charge in [-0.05, 0) is 47.6 Å². The standard InChI is InChI=1S/C15H20N2OS/c16-17-14(11-5-7-18-8-6-11)9-12-10-19-15-4-2-1-3-13(12)15/h1-4,10-11,14,17H,5-9,16H2. The lowest BCUT2D eigenvalue weighted by Crippen LogP contribution is -2.44. The number of benzene rings is 1. The summed E-state index contributed by atoms with van der Waals surface area (Å²) in [7, 11) is 0. The Morgan fingerprint density at radius 3 is 2.89 bits per heavy atom. The van der Waals surface area contributed by atoms with E-state index in [4.69, 9.17) is 10.6 Å². The first kappa shape index (κ1) is 13.1. The molecule has 1 atom stereocenters. The molecule has 0 spiro atoms. The molecule has 0 amide bonds. The molecule has 0 bridgehead atoms. The third kappa shape index (κ3) is 2.82. The van der Waals surface area contributed by atoms with Crippen molar-refractivity contribution in [2.45, 2.75) is 25.3 Å². The minimum atomic E-state index is 0.349. The lowest BCUT2D eigenvalue weighted by atomic mass is 9.88. The van der Waals surface area contributed by atoms with E-state index >= 15 is 0 Å². The van der Waals surface area contributed by atoms with Gasteiger partial charge in [0.15, 0.2) is 0 Å². The van der Waals surface area contributed by atoms with E-state index in [1.807, 2.05) is 11.3 Å². The molecule has 0 radical (unpaired) electrons. The molecular formula is C15H20N2OS. The molecule has 0 saturated carbocycles. The van der Waals surface area contributed by atoms with Gasteiger partial charge >= 0.3 is 0 Å². The van der Waals surface area contributed by atoms with Crippen LogP contribution in [0.2, 0.25) is 0 Å². The molecule has 2 aromatic rings. The van der Waals surface area contributed by atoms with Crippen molar-refractivity contribution in [2.75, 3.05) is 13.2 Å². The van der Waals surface area contributed by atoms with Crippen LogP contribution in [0.25, 0.3) is 10.1 Å². The van der Waals surface area contributed by atoms with E-state index in [1.54, 1.807) is 0 Å². The van der Waals surface area contributed by atoms with Crippen LogP contribution in [0.3, 0.4) is 0 Å². The van der Waals surface area contributed by atoms with Crippen molar-refractivity contribution >= 4 is 21.4 Å². The summed E-state index contributed by atoms with van der Waals surface area (Å²) in [5.74, 6) is 6.40. The van der Waals surface area contributed by atoms with Gasteiger partial charge in [0.25, 0.3) is 0 Å². The second kappa shape index (κ2) is 6.01. The molecule has 2 heterocycles. The molecule has 1 aliphatic rings. The molecule has 3 rings (SSSR count). The van der Waals surface area contributed by atoms with E-state index < -0.39 is 0 Å². The third-order valence-corrected chi connectivity index (χ3v) is 5.06. The van der Waals surface area contributed by atoms with Crippen molar-refractivity contribution in [3.8, 4) is 0 Å². The number of nitrogens with one attached hydrogen (secondary N) is 1. The van der Waals surface area contributed by atoms with Gasteiger partial charge in [0.1, 0.15) is 0 Å². The van der Waals surface area contributed by atoms with Gasteiger partial charge in [0.2, 0.25) is 0 Å². The molecular weight excluding hydrogens is 256 g/mol. The maximum atomic E-state index is 5.78. The van der Waals surface area contributed by atoms with E-state index in [-0.39, 0.29) is 0 Å². The van der Waals surface area contributed by atoms with E-state index in [9.17, 15) is 0 Å². The predicted molar refractivity (Wildman–Crippen MR) is 80.2 cm³/mol. The van der Waals surface area contributed by atoms with Crippen molar-refractivity contribution < 1.29 is 4.74 Å². The largest absolute Gasteiger partial charge is 0.381 e. The summed E-state index contributed by atoms with van der Waals surface area (Å²) in [6.45, 7) is 1.74. The van der Waals surface area contributed by atoms with Crippen LogP contribution in [0.15, 0.2) is 29.6 Å². The summed E-state index contributed by atoms with van der Waals surface area (Å²) in [5.41, 5.74) is 4.44. The lowest BCUT2D eigenvalue weighted by molar-refractivity contribution is 0.0538. The van der Waals surface area contributed by atoms with E-state index in [2.05, 4.69) is 35.1 Å². The minimum Gasteiger partial charge on any atom is -0.381 e. The molecule has 1 fully saturated rings. The van der Waals surface area contributed by atoms with E-state index in [0.29, 0.717) is 12.0 Å². The molecule has 4 heteroatoms. The highest BCUT2D eigenvalue weighted by Gasteiger charge is 2.24. The second-order valence-electron chi connectivity index (χ2n) is 5.18. The topological polar surface area (TPSA) is 47.3 Å². The number of fused-ring (bicyclic) bond motifs is 1. The zero-order valence-corrected chi connectivity index (χ0v) is 11.8. The molecule has 102 valence electrons. The molecule has 3 N–H and O–H groups in total. The fourth-order valence-corrected chi connectivity index (χ4v) is 3.88. The summed E-state index contributed by atoms with van der Waals surface area (Å²) in [6.07, 6.45) is 3.22. The van der Waals surface area contributed by atoms with Crippen molar-refractivity contribution in [3.05, 3.63) is 35.2 Å². The Morgan fingerprint density at radius 1 is 1.32 bits per heavy atom. The number of rotatable bonds is 4. The van der Waals surface area contributed by atoms with Gasteiger partial charge in [-0.25, -0.2) is 0 Å². The molecule has 1 unspecified atom stereocenters. The maximum absolute atomic E-state index is 5.78. The molecule has 1 aliphatic heterocycles. The van der Waals surface area contributed by atoms with Crippen LogP contribution >= 0.6 is 11.3 Å². The molecule has 1 aromatic heterocycles. The fourth-order valence-electron chi connectivity index (χ4n) is 2.91. The smallest absolute Gasteiger partial charge is 0.0469 e. The number of hydrogen-bond acceptors (Lipinski definition) is 4. The van der Waals surface area contributed by atoms with Gasteiger partial charge in [-0.2, -0.15) is 0 Å². The van der Waals surface area contributed by atoms with Crippen LogP contribution in [0, 0.1) is 5.92 Å². The quantitative estimate of drug-likeness (QED) is 0.667. The summed E-state index contributed by atoms with van der Waals surface area (Å²) < 4.78 is 6.79. The first-order valence-electron chi connectivity index (χ1n) is 6.87. The van der Waals surface area contributed by atoms with E-state index in [0.717, 1.165) is 32.5 Å². The van der Waals surface area contributed by atoms with Crippen LogP contribution in [0.1, 0.15) is 18.4 Å². The number of nitrogens with two attached hydrogens (primary N) is 1. The molecule has 19 heavy (non-hydrogen) atoms. The lowest BCUT2D eigenvalue weighted by Gasteiger charge is -2.29. The first-order valence-corrected chi connectivity index (χ1v) is 7.75. The van der Waals surface area contributed by atoms with Gasteiger partial charge in [-0.1, -0.05) is 18.2 Å². The highest BCUT2D eigenvalue weighted by atomic mass is 32.1. The minimum absolute atomic E-state index is 0.349. The van der Waals surface area contributed by atoms with Gasteiger partial charge in [-0.15, -0.1) is 11.3 Å². The van der Waals surface area contributed by atoms with Gasteiger partial charge in [0, 0.05) is 24.0 Å². The molecule has 1 saturated heterocycles. The van der Waals surface area contributed by atoms with Gasteiger partial charge in [-0.3, -0.25) is 11.3 Å². The second-order valence-corrected chi connectivity index (χ2v) is 6.10. The Kier molecular flexibility index (Phi) is 4.13. The number of hydrazine groups is 1. The molecule has 1 aromatic carbocycles. The Balaban J connectivity index is 1.78.